The summed E-state index contributed by atoms with van der Waals surface area (Å²) in [5.74, 6) is -0.149. The van der Waals surface area contributed by atoms with Crippen LogP contribution in [0.3, 0.4) is 0 Å². The average Bonchev–Trinajstić information content (AvgIpc) is 2.60. The van der Waals surface area contributed by atoms with Gasteiger partial charge in [-0.1, -0.05) is 24.3 Å². The van der Waals surface area contributed by atoms with Crippen LogP contribution in [0.1, 0.15) is 23.1 Å². The minimum Gasteiger partial charge on any atom is -0.435 e. The maximum atomic E-state index is 12.5. The highest BCUT2D eigenvalue weighted by Crippen LogP contribution is 2.29. The van der Waals surface area contributed by atoms with Gasteiger partial charge in [-0.2, -0.15) is 22.0 Å². The second-order valence-electron chi connectivity index (χ2n) is 5.82. The molecule has 0 saturated heterocycles. The molecule has 0 atom stereocenters. The minimum atomic E-state index is -4.36. The number of hydrogen-bond donors (Lipinski definition) is 1. The summed E-state index contributed by atoms with van der Waals surface area (Å²) in [5.41, 5.74) is 0.785. The van der Waals surface area contributed by atoms with Crippen LogP contribution >= 0.6 is 0 Å². The van der Waals surface area contributed by atoms with Crippen LogP contribution in [0.15, 0.2) is 48.5 Å². The zero-order chi connectivity index (χ0) is 19.9. The number of ether oxygens (including phenoxy) is 1. The first-order valence-electron chi connectivity index (χ1n) is 8.20. The number of carbonyl (C=O) groups excluding carboxylic acids is 1. The van der Waals surface area contributed by atoms with E-state index in [9.17, 15) is 26.7 Å². The molecule has 0 aliphatic carbocycles. The normalized spacial score (nSPS) is 11.5. The Labute approximate surface area is 153 Å². The quantitative estimate of drug-likeness (QED) is 0.673. The first-order valence-corrected chi connectivity index (χ1v) is 8.20. The highest BCUT2D eigenvalue weighted by atomic mass is 19.4. The highest BCUT2D eigenvalue weighted by molar-refractivity contribution is 5.76. The molecule has 1 N–H and O–H groups in total. The van der Waals surface area contributed by atoms with Crippen LogP contribution in [0.4, 0.5) is 22.0 Å². The molecule has 27 heavy (non-hydrogen) atoms. The Morgan fingerprint density at radius 3 is 2.04 bits per heavy atom. The van der Waals surface area contributed by atoms with Crippen molar-refractivity contribution in [2.75, 3.05) is 6.54 Å². The van der Waals surface area contributed by atoms with Crippen molar-refractivity contribution in [1.82, 2.24) is 5.32 Å². The van der Waals surface area contributed by atoms with Crippen LogP contribution in [0.25, 0.3) is 0 Å². The van der Waals surface area contributed by atoms with Gasteiger partial charge in [0.1, 0.15) is 5.75 Å². The lowest BCUT2D eigenvalue weighted by atomic mass is 10.1. The number of alkyl halides is 5. The van der Waals surface area contributed by atoms with Crippen molar-refractivity contribution in [2.45, 2.75) is 32.1 Å². The second kappa shape index (κ2) is 9.34. The minimum absolute atomic E-state index is 0.0507. The van der Waals surface area contributed by atoms with Gasteiger partial charge in [0, 0.05) is 13.0 Å². The van der Waals surface area contributed by atoms with Gasteiger partial charge in [-0.3, -0.25) is 4.79 Å². The highest BCUT2D eigenvalue weighted by Gasteiger charge is 2.29. The summed E-state index contributed by atoms with van der Waals surface area (Å²) < 4.78 is 65.8. The number of hydrogen-bond acceptors (Lipinski definition) is 2. The molecule has 0 fully saturated rings. The molecule has 0 spiro atoms. The third kappa shape index (κ3) is 7.24. The van der Waals surface area contributed by atoms with E-state index in [1.165, 1.54) is 24.3 Å². The van der Waals surface area contributed by atoms with Crippen LogP contribution in [0, 0.1) is 0 Å². The van der Waals surface area contributed by atoms with E-state index in [0.29, 0.717) is 24.9 Å². The average molecular weight is 387 g/mol. The van der Waals surface area contributed by atoms with E-state index < -0.39 is 18.4 Å². The zero-order valence-electron chi connectivity index (χ0n) is 14.2. The van der Waals surface area contributed by atoms with E-state index in [0.717, 1.165) is 17.7 Å². The number of carbonyl (C=O) groups is 1. The number of aryl methyl sites for hydroxylation is 1. The van der Waals surface area contributed by atoms with Crippen LogP contribution in [0.5, 0.6) is 5.75 Å². The Morgan fingerprint density at radius 2 is 1.48 bits per heavy atom. The molecule has 146 valence electrons. The van der Waals surface area contributed by atoms with Crippen molar-refractivity contribution in [1.29, 1.82) is 0 Å². The van der Waals surface area contributed by atoms with Crippen LogP contribution in [-0.4, -0.2) is 19.1 Å². The Hall–Kier alpha value is -2.64. The van der Waals surface area contributed by atoms with E-state index in [4.69, 9.17) is 0 Å². The molecule has 0 aliphatic rings. The first kappa shape index (κ1) is 20.7. The summed E-state index contributed by atoms with van der Waals surface area (Å²) in [6, 6.07) is 10.8. The molecule has 1 amide bonds. The largest absolute Gasteiger partial charge is 0.435 e. The molecule has 3 nitrogen and oxygen atoms in total. The summed E-state index contributed by atoms with van der Waals surface area (Å²) in [6.07, 6.45) is -3.30. The van der Waals surface area contributed by atoms with E-state index in [2.05, 4.69) is 10.1 Å². The fraction of sp³-hybridized carbons (Fsp3) is 0.316. The fourth-order valence-corrected chi connectivity index (χ4v) is 2.39. The van der Waals surface area contributed by atoms with Gasteiger partial charge in [0.2, 0.25) is 5.91 Å². The van der Waals surface area contributed by atoms with Crippen molar-refractivity contribution in [3.8, 4) is 5.75 Å². The molecule has 0 aliphatic heterocycles. The molecule has 8 heteroatoms. The summed E-state index contributed by atoms with van der Waals surface area (Å²) in [5, 5.41) is 2.70. The van der Waals surface area contributed by atoms with Gasteiger partial charge in [-0.25, -0.2) is 0 Å². The summed E-state index contributed by atoms with van der Waals surface area (Å²) in [4.78, 5) is 11.8. The predicted octanol–water partition coefficient (Wildman–Crippen LogP) is 4.60. The molecule has 2 aromatic carbocycles. The van der Waals surface area contributed by atoms with Gasteiger partial charge in [0.05, 0.1) is 5.56 Å². The SMILES string of the molecule is O=C(CCc1ccc(OC(F)F)cc1)NCCc1ccc(C(F)(F)F)cc1. The van der Waals surface area contributed by atoms with Crippen molar-refractivity contribution in [3.63, 3.8) is 0 Å². The van der Waals surface area contributed by atoms with Gasteiger partial charge < -0.3 is 10.1 Å². The Balaban J connectivity index is 1.70. The van der Waals surface area contributed by atoms with Gasteiger partial charge >= 0.3 is 12.8 Å². The molecule has 2 rings (SSSR count). The second-order valence-corrected chi connectivity index (χ2v) is 5.82. The monoisotopic (exact) mass is 387 g/mol. The van der Waals surface area contributed by atoms with E-state index in [-0.39, 0.29) is 18.1 Å². The summed E-state index contributed by atoms with van der Waals surface area (Å²) >= 11 is 0. The molecule has 0 unspecified atom stereocenters. The van der Waals surface area contributed by atoms with E-state index in [1.54, 1.807) is 12.1 Å². The van der Waals surface area contributed by atoms with Crippen LogP contribution in [-0.2, 0) is 23.8 Å². The van der Waals surface area contributed by atoms with E-state index in [1.807, 2.05) is 0 Å². The lowest BCUT2D eigenvalue weighted by Crippen LogP contribution is -2.25. The third-order valence-corrected chi connectivity index (χ3v) is 3.81. The van der Waals surface area contributed by atoms with Crippen LogP contribution in [0.2, 0.25) is 0 Å². The number of rotatable bonds is 8. The summed E-state index contributed by atoms with van der Waals surface area (Å²) in [7, 11) is 0. The standard InChI is InChI=1S/C19H18F5NO2/c20-18(21)27-16-8-3-13(4-9-16)5-10-17(26)25-12-11-14-1-6-15(7-2-14)19(22,23)24/h1-4,6-9,18H,5,10-12H2,(H,25,26). The molecule has 0 heterocycles. The number of benzene rings is 2. The number of amides is 1. The summed E-state index contributed by atoms with van der Waals surface area (Å²) in [6.45, 7) is -2.57. The van der Waals surface area contributed by atoms with Crippen LogP contribution < -0.4 is 10.1 Å². The molecule has 0 radical (unpaired) electrons. The molecule has 0 bridgehead atoms. The smallest absolute Gasteiger partial charge is 0.416 e. The van der Waals surface area contributed by atoms with Crippen molar-refractivity contribution < 1.29 is 31.5 Å². The first-order chi connectivity index (χ1) is 12.7. The Kier molecular flexibility index (Phi) is 7.15. The van der Waals surface area contributed by atoms with E-state index >= 15 is 0 Å². The predicted molar refractivity (Wildman–Crippen MR) is 89.6 cm³/mol. The Bertz CT molecular complexity index is 727. The lowest BCUT2D eigenvalue weighted by molar-refractivity contribution is -0.137. The molecule has 0 aromatic heterocycles. The number of halogens is 5. The Morgan fingerprint density at radius 1 is 0.926 bits per heavy atom. The molecular formula is C19H18F5NO2. The van der Waals surface area contributed by atoms with Crippen molar-refractivity contribution in [2.24, 2.45) is 0 Å². The topological polar surface area (TPSA) is 38.3 Å². The maximum Gasteiger partial charge on any atom is 0.416 e. The zero-order valence-corrected chi connectivity index (χ0v) is 14.2. The van der Waals surface area contributed by atoms with Gasteiger partial charge in [0.15, 0.2) is 0 Å². The van der Waals surface area contributed by atoms with Crippen molar-refractivity contribution >= 4 is 5.91 Å². The van der Waals surface area contributed by atoms with Gasteiger partial charge in [-0.15, -0.1) is 0 Å². The third-order valence-electron chi connectivity index (χ3n) is 3.81. The fourth-order valence-electron chi connectivity index (χ4n) is 2.39. The molecule has 0 saturated carbocycles. The van der Waals surface area contributed by atoms with Crippen molar-refractivity contribution in [3.05, 3.63) is 65.2 Å². The van der Waals surface area contributed by atoms with Gasteiger partial charge in [0.25, 0.3) is 0 Å². The molecular weight excluding hydrogens is 369 g/mol. The van der Waals surface area contributed by atoms with Gasteiger partial charge in [-0.05, 0) is 48.2 Å². The molecule has 2 aromatic rings. The lowest BCUT2D eigenvalue weighted by Gasteiger charge is -2.09. The number of nitrogens with one attached hydrogen (secondary N) is 1. The maximum absolute atomic E-state index is 12.5.